The summed E-state index contributed by atoms with van der Waals surface area (Å²) in [6.07, 6.45) is 1.70. The average molecular weight is 327 g/mol. The number of aromatic nitrogens is 2. The van der Waals surface area contributed by atoms with E-state index < -0.39 is 17.8 Å². The first-order valence-electron chi connectivity index (χ1n) is 6.26. The minimum absolute atomic E-state index is 0.0296. The Balaban J connectivity index is 2.13. The SMILES string of the molecule is CSc1n[nH]c(N2C(=O)c3ccc(C(=O)[O-])cc3C2=O)c1C#N. The Morgan fingerprint density at radius 1 is 1.35 bits per heavy atom. The number of carbonyl (C=O) groups is 3. The van der Waals surface area contributed by atoms with Crippen molar-refractivity contribution in [3.8, 4) is 6.07 Å². The van der Waals surface area contributed by atoms with Crippen LogP contribution in [0.25, 0.3) is 0 Å². The van der Waals surface area contributed by atoms with Gasteiger partial charge >= 0.3 is 0 Å². The molecule has 8 nitrogen and oxygen atoms in total. The van der Waals surface area contributed by atoms with Gasteiger partial charge in [0.1, 0.15) is 16.7 Å². The van der Waals surface area contributed by atoms with E-state index in [0.717, 1.165) is 11.0 Å². The minimum Gasteiger partial charge on any atom is -0.545 e. The lowest BCUT2D eigenvalue weighted by Crippen LogP contribution is -2.30. The van der Waals surface area contributed by atoms with Gasteiger partial charge < -0.3 is 9.90 Å². The molecule has 23 heavy (non-hydrogen) atoms. The first-order valence-corrected chi connectivity index (χ1v) is 7.48. The normalized spacial score (nSPS) is 13.1. The van der Waals surface area contributed by atoms with Gasteiger partial charge in [0.25, 0.3) is 11.8 Å². The van der Waals surface area contributed by atoms with Gasteiger partial charge in [0.05, 0.1) is 17.1 Å². The predicted molar refractivity (Wildman–Crippen MR) is 77.0 cm³/mol. The monoisotopic (exact) mass is 327 g/mol. The number of carboxylic acid groups (broad SMARTS) is 1. The number of aromatic amines is 1. The molecule has 9 heteroatoms. The molecule has 2 heterocycles. The highest BCUT2D eigenvalue weighted by Gasteiger charge is 2.39. The van der Waals surface area contributed by atoms with Crippen molar-refractivity contribution in [3.63, 3.8) is 0 Å². The van der Waals surface area contributed by atoms with Gasteiger partial charge in [-0.15, -0.1) is 11.8 Å². The lowest BCUT2D eigenvalue weighted by Gasteiger charge is -2.11. The summed E-state index contributed by atoms with van der Waals surface area (Å²) in [6, 6.07) is 5.43. The number of carboxylic acids is 1. The lowest BCUT2D eigenvalue weighted by atomic mass is 10.1. The number of nitrogens with one attached hydrogen (secondary N) is 1. The van der Waals surface area contributed by atoms with Crippen molar-refractivity contribution < 1.29 is 19.5 Å². The molecule has 0 fully saturated rings. The van der Waals surface area contributed by atoms with E-state index in [0.29, 0.717) is 5.03 Å². The Hall–Kier alpha value is -3.12. The number of thioether (sulfide) groups is 1. The van der Waals surface area contributed by atoms with E-state index >= 15 is 0 Å². The first-order chi connectivity index (χ1) is 11.0. The molecule has 1 aliphatic heterocycles. The second-order valence-corrected chi connectivity index (χ2v) is 5.36. The second kappa shape index (κ2) is 5.26. The van der Waals surface area contributed by atoms with Crippen LogP contribution >= 0.6 is 11.8 Å². The number of nitrogens with zero attached hydrogens (tertiary/aromatic N) is 3. The maximum Gasteiger partial charge on any atom is 0.267 e. The zero-order chi connectivity index (χ0) is 16.7. The van der Waals surface area contributed by atoms with Crippen LogP contribution in [0.1, 0.15) is 36.6 Å². The Kier molecular flexibility index (Phi) is 3.38. The summed E-state index contributed by atoms with van der Waals surface area (Å²) in [6.45, 7) is 0. The number of rotatable bonds is 3. The van der Waals surface area contributed by atoms with Gasteiger partial charge in [-0.3, -0.25) is 14.7 Å². The number of anilines is 1. The number of carbonyl (C=O) groups excluding carboxylic acids is 3. The van der Waals surface area contributed by atoms with Crippen LogP contribution in [0.15, 0.2) is 23.2 Å². The number of hydrogen-bond acceptors (Lipinski definition) is 7. The van der Waals surface area contributed by atoms with Crippen LogP contribution in [0.3, 0.4) is 0 Å². The molecular formula is C14H7N4O4S-. The van der Waals surface area contributed by atoms with E-state index in [1.165, 1.54) is 23.9 Å². The maximum atomic E-state index is 12.5. The van der Waals surface area contributed by atoms with E-state index in [4.69, 9.17) is 0 Å². The van der Waals surface area contributed by atoms with Gasteiger partial charge in [0.2, 0.25) is 0 Å². The van der Waals surface area contributed by atoms with E-state index in [9.17, 15) is 24.8 Å². The van der Waals surface area contributed by atoms with E-state index in [2.05, 4.69) is 10.2 Å². The van der Waals surface area contributed by atoms with Crippen molar-refractivity contribution in [1.29, 1.82) is 5.26 Å². The predicted octanol–water partition coefficient (Wildman–Crippen LogP) is 0.167. The third kappa shape index (κ3) is 2.08. The molecule has 1 aromatic heterocycles. The van der Waals surface area contributed by atoms with Crippen LogP contribution in [0.4, 0.5) is 5.82 Å². The molecule has 0 unspecified atom stereocenters. The minimum atomic E-state index is -1.45. The molecule has 2 amide bonds. The smallest absolute Gasteiger partial charge is 0.267 e. The summed E-state index contributed by atoms with van der Waals surface area (Å²) in [5.41, 5.74) is -0.126. The van der Waals surface area contributed by atoms with Gasteiger partial charge in [0, 0.05) is 0 Å². The molecule has 0 radical (unpaired) electrons. The van der Waals surface area contributed by atoms with Crippen molar-refractivity contribution in [3.05, 3.63) is 40.5 Å². The summed E-state index contributed by atoms with van der Waals surface area (Å²) in [5, 5.41) is 26.9. The number of benzene rings is 1. The van der Waals surface area contributed by atoms with Crippen molar-refractivity contribution in [2.24, 2.45) is 0 Å². The third-order valence-electron chi connectivity index (χ3n) is 3.37. The van der Waals surface area contributed by atoms with Gasteiger partial charge in [0.15, 0.2) is 5.82 Å². The molecule has 0 saturated heterocycles. The summed E-state index contributed by atoms with van der Waals surface area (Å²) in [4.78, 5) is 36.6. The molecule has 0 saturated carbocycles. The molecule has 1 N–H and O–H groups in total. The van der Waals surface area contributed by atoms with E-state index in [-0.39, 0.29) is 28.1 Å². The molecule has 1 aromatic carbocycles. The average Bonchev–Trinajstić information content (AvgIpc) is 3.06. The standard InChI is InChI=1S/C14H8N4O4S/c1-23-11-9(5-15)10(16-17-11)18-12(19)7-3-2-6(14(21)22)4-8(7)13(18)20/h2-4H,1H3,(H,16,17)(H,21,22)/p-1. The number of amides is 2. The van der Waals surface area contributed by atoms with Crippen LogP contribution in [0.5, 0.6) is 0 Å². The lowest BCUT2D eigenvalue weighted by molar-refractivity contribution is -0.255. The molecule has 0 aliphatic carbocycles. The van der Waals surface area contributed by atoms with Crippen LogP contribution in [0, 0.1) is 11.3 Å². The van der Waals surface area contributed by atoms with Crippen LogP contribution in [0.2, 0.25) is 0 Å². The third-order valence-corrected chi connectivity index (χ3v) is 4.05. The van der Waals surface area contributed by atoms with Crippen molar-refractivity contribution in [2.45, 2.75) is 5.03 Å². The molecule has 114 valence electrons. The fourth-order valence-corrected chi connectivity index (χ4v) is 2.78. The molecule has 3 rings (SSSR count). The number of nitriles is 1. The molecule has 2 aromatic rings. The fraction of sp³-hybridized carbons (Fsp3) is 0.0714. The van der Waals surface area contributed by atoms with Crippen LogP contribution in [-0.4, -0.2) is 34.2 Å². The van der Waals surface area contributed by atoms with Crippen molar-refractivity contribution in [2.75, 3.05) is 11.2 Å². The fourth-order valence-electron chi connectivity index (χ4n) is 2.30. The van der Waals surface area contributed by atoms with Gasteiger partial charge in [-0.05, 0) is 24.0 Å². The number of H-pyrrole nitrogens is 1. The molecular weight excluding hydrogens is 320 g/mol. The van der Waals surface area contributed by atoms with E-state index in [1.54, 1.807) is 6.26 Å². The van der Waals surface area contributed by atoms with Gasteiger partial charge in [-0.25, -0.2) is 4.90 Å². The zero-order valence-corrected chi connectivity index (χ0v) is 12.4. The van der Waals surface area contributed by atoms with Crippen molar-refractivity contribution in [1.82, 2.24) is 10.2 Å². The summed E-state index contributed by atoms with van der Waals surface area (Å²) < 4.78 is 0. The van der Waals surface area contributed by atoms with Crippen LogP contribution < -0.4 is 10.0 Å². The molecule has 1 aliphatic rings. The number of aromatic carboxylic acids is 1. The zero-order valence-electron chi connectivity index (χ0n) is 11.6. The molecule has 0 atom stereocenters. The Bertz CT molecular complexity index is 912. The summed E-state index contributed by atoms with van der Waals surface area (Å²) in [7, 11) is 0. The van der Waals surface area contributed by atoms with Gasteiger partial charge in [-0.2, -0.15) is 10.4 Å². The highest BCUT2D eigenvalue weighted by Crippen LogP contribution is 2.32. The largest absolute Gasteiger partial charge is 0.545 e. The topological polar surface area (TPSA) is 130 Å². The molecule has 0 spiro atoms. The Labute approximate surface area is 133 Å². The van der Waals surface area contributed by atoms with Crippen LogP contribution in [-0.2, 0) is 0 Å². The molecule has 0 bridgehead atoms. The second-order valence-electron chi connectivity index (χ2n) is 4.56. The first kappa shape index (κ1) is 14.8. The quantitative estimate of drug-likeness (QED) is 0.628. The highest BCUT2D eigenvalue weighted by atomic mass is 32.2. The van der Waals surface area contributed by atoms with Gasteiger partial charge in [-0.1, -0.05) is 6.07 Å². The van der Waals surface area contributed by atoms with E-state index in [1.807, 2.05) is 6.07 Å². The number of hydrogen-bond donors (Lipinski definition) is 1. The summed E-state index contributed by atoms with van der Waals surface area (Å²) in [5.74, 6) is -2.85. The number of fused-ring (bicyclic) bond motifs is 1. The highest BCUT2D eigenvalue weighted by molar-refractivity contribution is 7.98. The Morgan fingerprint density at radius 3 is 2.65 bits per heavy atom. The number of imide groups is 1. The Morgan fingerprint density at radius 2 is 2.04 bits per heavy atom. The summed E-state index contributed by atoms with van der Waals surface area (Å²) >= 11 is 1.19. The maximum absolute atomic E-state index is 12.5. The van der Waals surface area contributed by atoms with Crippen molar-refractivity contribution >= 4 is 35.4 Å².